The molecule has 0 amide bonds. The summed E-state index contributed by atoms with van der Waals surface area (Å²) in [5.41, 5.74) is 0.437. The van der Waals surface area contributed by atoms with E-state index in [4.69, 9.17) is 9.15 Å². The summed E-state index contributed by atoms with van der Waals surface area (Å²) in [6.07, 6.45) is 1.49. The molecule has 7 heteroatoms. The normalized spacial score (nSPS) is 12.2. The van der Waals surface area contributed by atoms with E-state index in [1.54, 1.807) is 31.2 Å². The van der Waals surface area contributed by atoms with Gasteiger partial charge in [0.2, 0.25) is 0 Å². The summed E-state index contributed by atoms with van der Waals surface area (Å²) in [6, 6.07) is 9.42. The highest BCUT2D eigenvalue weighted by atomic mass is 32.2. The van der Waals surface area contributed by atoms with Crippen molar-refractivity contribution >= 4 is 15.7 Å². The van der Waals surface area contributed by atoms with Crippen molar-refractivity contribution in [3.05, 3.63) is 48.4 Å². The smallest absolute Gasteiger partial charge is 0.276 e. The van der Waals surface area contributed by atoms with Gasteiger partial charge in [-0.05, 0) is 43.3 Å². The number of rotatable bonds is 5. The number of furan rings is 1. The van der Waals surface area contributed by atoms with Crippen molar-refractivity contribution in [3.63, 3.8) is 0 Å². The van der Waals surface area contributed by atoms with Crippen LogP contribution < -0.4 is 9.57 Å². The number of hydrazone groups is 1. The van der Waals surface area contributed by atoms with Gasteiger partial charge in [-0.2, -0.15) is 18.4 Å². The van der Waals surface area contributed by atoms with E-state index in [9.17, 15) is 8.42 Å². The minimum Gasteiger partial charge on any atom is -0.497 e. The minimum atomic E-state index is -3.71. The fourth-order valence-electron chi connectivity index (χ4n) is 1.48. The Kier molecular flexibility index (Phi) is 4.09. The van der Waals surface area contributed by atoms with Gasteiger partial charge in [0.1, 0.15) is 17.2 Å². The predicted molar refractivity (Wildman–Crippen MR) is 74.2 cm³/mol. The van der Waals surface area contributed by atoms with Crippen LogP contribution in [0.5, 0.6) is 5.75 Å². The van der Waals surface area contributed by atoms with Crippen LogP contribution in [0.3, 0.4) is 0 Å². The average Bonchev–Trinajstić information content (AvgIpc) is 2.99. The van der Waals surface area contributed by atoms with Gasteiger partial charge in [-0.1, -0.05) is 0 Å². The summed E-state index contributed by atoms with van der Waals surface area (Å²) < 4.78 is 34.1. The summed E-state index contributed by atoms with van der Waals surface area (Å²) in [6.45, 7) is 1.65. The van der Waals surface area contributed by atoms with Crippen LogP contribution in [0.1, 0.15) is 12.7 Å². The zero-order valence-electron chi connectivity index (χ0n) is 11.0. The number of sulfonamides is 1. The van der Waals surface area contributed by atoms with E-state index in [1.165, 1.54) is 25.5 Å². The Morgan fingerprint density at radius 3 is 2.50 bits per heavy atom. The summed E-state index contributed by atoms with van der Waals surface area (Å²) in [5, 5.41) is 3.81. The first kappa shape index (κ1) is 14.1. The first-order valence-electron chi connectivity index (χ1n) is 5.77. The summed E-state index contributed by atoms with van der Waals surface area (Å²) in [5.74, 6) is 1.08. The van der Waals surface area contributed by atoms with Crippen LogP contribution >= 0.6 is 0 Å². The molecule has 0 saturated carbocycles. The fourth-order valence-corrected chi connectivity index (χ4v) is 2.33. The van der Waals surface area contributed by atoms with Crippen LogP contribution in [0.4, 0.5) is 0 Å². The molecule has 0 atom stereocenters. The lowest BCUT2D eigenvalue weighted by molar-refractivity contribution is 0.414. The SMILES string of the molecule is COc1ccc(S(=O)(=O)N/N=C(/C)c2ccco2)cc1. The molecule has 0 fully saturated rings. The third-order valence-corrected chi connectivity index (χ3v) is 3.81. The van der Waals surface area contributed by atoms with Crippen molar-refractivity contribution in [1.29, 1.82) is 0 Å². The number of methoxy groups -OCH3 is 1. The van der Waals surface area contributed by atoms with E-state index in [1.807, 2.05) is 0 Å². The molecule has 20 heavy (non-hydrogen) atoms. The van der Waals surface area contributed by atoms with Crippen LogP contribution in [-0.2, 0) is 10.0 Å². The average molecular weight is 294 g/mol. The number of nitrogens with zero attached hydrogens (tertiary/aromatic N) is 1. The van der Waals surface area contributed by atoms with Gasteiger partial charge < -0.3 is 9.15 Å². The second-order valence-corrected chi connectivity index (χ2v) is 5.61. The highest BCUT2D eigenvalue weighted by molar-refractivity contribution is 7.89. The van der Waals surface area contributed by atoms with E-state index >= 15 is 0 Å². The van der Waals surface area contributed by atoms with Crippen molar-refractivity contribution in [2.45, 2.75) is 11.8 Å². The van der Waals surface area contributed by atoms with Gasteiger partial charge in [0.25, 0.3) is 10.0 Å². The van der Waals surface area contributed by atoms with Gasteiger partial charge in [0.15, 0.2) is 0 Å². The van der Waals surface area contributed by atoms with E-state index < -0.39 is 10.0 Å². The third kappa shape index (κ3) is 3.18. The third-order valence-electron chi connectivity index (χ3n) is 2.58. The molecule has 0 aliphatic heterocycles. The molecule has 0 bridgehead atoms. The van der Waals surface area contributed by atoms with Crippen molar-refractivity contribution in [3.8, 4) is 5.75 Å². The molecule has 0 spiro atoms. The zero-order valence-corrected chi connectivity index (χ0v) is 11.8. The van der Waals surface area contributed by atoms with E-state index in [-0.39, 0.29) is 4.90 Å². The van der Waals surface area contributed by atoms with Crippen molar-refractivity contribution in [2.24, 2.45) is 5.10 Å². The van der Waals surface area contributed by atoms with Crippen molar-refractivity contribution in [2.75, 3.05) is 7.11 Å². The molecule has 1 N–H and O–H groups in total. The van der Waals surface area contributed by atoms with Gasteiger partial charge >= 0.3 is 0 Å². The molecule has 1 aromatic carbocycles. The first-order chi connectivity index (χ1) is 9.53. The van der Waals surface area contributed by atoms with Crippen LogP contribution in [0.25, 0.3) is 0 Å². The highest BCUT2D eigenvalue weighted by Gasteiger charge is 2.13. The van der Waals surface area contributed by atoms with E-state index in [0.29, 0.717) is 17.2 Å². The zero-order chi connectivity index (χ0) is 14.6. The Morgan fingerprint density at radius 2 is 1.95 bits per heavy atom. The quantitative estimate of drug-likeness (QED) is 0.675. The number of benzene rings is 1. The maximum atomic E-state index is 12.0. The van der Waals surface area contributed by atoms with E-state index in [0.717, 1.165) is 0 Å². The molecule has 0 unspecified atom stereocenters. The molecule has 6 nitrogen and oxygen atoms in total. The number of ether oxygens (including phenoxy) is 1. The molecule has 0 radical (unpaired) electrons. The second kappa shape index (κ2) is 5.79. The van der Waals surface area contributed by atoms with Crippen LogP contribution in [0, 0.1) is 0 Å². The van der Waals surface area contributed by atoms with Crippen LogP contribution in [0.15, 0.2) is 57.1 Å². The lowest BCUT2D eigenvalue weighted by Crippen LogP contribution is -2.19. The Bertz CT molecular complexity index is 688. The molecule has 1 aromatic heterocycles. The lowest BCUT2D eigenvalue weighted by Gasteiger charge is -2.05. The molecule has 2 aromatic rings. The monoisotopic (exact) mass is 294 g/mol. The summed E-state index contributed by atoms with van der Waals surface area (Å²) >= 11 is 0. The molecule has 0 saturated heterocycles. The van der Waals surface area contributed by atoms with Gasteiger partial charge in [-0.15, -0.1) is 0 Å². The molecule has 106 valence electrons. The van der Waals surface area contributed by atoms with Gasteiger partial charge in [0, 0.05) is 0 Å². The fraction of sp³-hybridized carbons (Fsp3) is 0.154. The minimum absolute atomic E-state index is 0.106. The summed E-state index contributed by atoms with van der Waals surface area (Å²) in [4.78, 5) is 2.27. The van der Waals surface area contributed by atoms with Crippen LogP contribution in [-0.4, -0.2) is 21.2 Å². The van der Waals surface area contributed by atoms with Crippen molar-refractivity contribution in [1.82, 2.24) is 4.83 Å². The largest absolute Gasteiger partial charge is 0.497 e. The van der Waals surface area contributed by atoms with Gasteiger partial charge in [0.05, 0.1) is 18.3 Å². The molecular formula is C13H14N2O4S. The highest BCUT2D eigenvalue weighted by Crippen LogP contribution is 2.15. The Labute approximate surface area is 117 Å². The van der Waals surface area contributed by atoms with Crippen LogP contribution in [0.2, 0.25) is 0 Å². The molecule has 0 aliphatic carbocycles. The van der Waals surface area contributed by atoms with Gasteiger partial charge in [-0.3, -0.25) is 0 Å². The maximum absolute atomic E-state index is 12.0. The molecule has 1 heterocycles. The number of nitrogens with one attached hydrogen (secondary N) is 1. The molecule has 0 aliphatic rings. The second-order valence-electron chi connectivity index (χ2n) is 3.94. The Morgan fingerprint density at radius 1 is 1.25 bits per heavy atom. The standard InChI is InChI=1S/C13H14N2O4S/c1-10(13-4-3-9-19-13)14-15-20(16,17)12-7-5-11(18-2)6-8-12/h3-9,15H,1-2H3/b14-10-. The first-order valence-corrected chi connectivity index (χ1v) is 7.25. The topological polar surface area (TPSA) is 80.9 Å². The molecular weight excluding hydrogens is 280 g/mol. The lowest BCUT2D eigenvalue weighted by atomic mass is 10.3. The Hall–Kier alpha value is -2.28. The predicted octanol–water partition coefficient (Wildman–Crippen LogP) is 1.99. The number of hydrogen-bond acceptors (Lipinski definition) is 5. The Balaban J connectivity index is 2.16. The van der Waals surface area contributed by atoms with Crippen molar-refractivity contribution < 1.29 is 17.6 Å². The maximum Gasteiger partial charge on any atom is 0.276 e. The van der Waals surface area contributed by atoms with E-state index in [2.05, 4.69) is 9.93 Å². The van der Waals surface area contributed by atoms with Gasteiger partial charge in [-0.25, -0.2) is 0 Å². The summed E-state index contributed by atoms with van der Waals surface area (Å²) in [7, 11) is -2.19. The number of hydrogen-bond donors (Lipinski definition) is 1. The molecule has 2 rings (SSSR count).